The SMILES string of the molecule is Cc1ccc(NN2C(=O)[C@@H]3C[C@@H]4C(=CC[C@@H]5C(=O)N(c6ccc(Br)cc6)C(=O)[C@@H]54)[C@H](c4ccc(OCc5ccccc5)cc4O)[C@]3(c3ccccc3)C2=O)cc1. The highest BCUT2D eigenvalue weighted by atomic mass is 79.9. The Balaban J connectivity index is 1.19. The first-order valence-electron chi connectivity index (χ1n) is 18.8. The molecule has 2 heterocycles. The summed E-state index contributed by atoms with van der Waals surface area (Å²) in [5.74, 6) is -4.96. The molecule has 3 fully saturated rings. The summed E-state index contributed by atoms with van der Waals surface area (Å²) in [4.78, 5) is 60.3. The third-order valence-corrected chi connectivity index (χ3v) is 12.6. The fourth-order valence-corrected chi connectivity index (χ4v) is 9.80. The number of allylic oxidation sites excluding steroid dienone is 2. The third kappa shape index (κ3) is 5.65. The van der Waals surface area contributed by atoms with E-state index in [4.69, 9.17) is 4.74 Å². The van der Waals surface area contributed by atoms with Gasteiger partial charge in [-0.2, -0.15) is 5.01 Å². The predicted octanol–water partition coefficient (Wildman–Crippen LogP) is 8.23. The van der Waals surface area contributed by atoms with Gasteiger partial charge >= 0.3 is 0 Å². The van der Waals surface area contributed by atoms with E-state index in [1.165, 1.54) is 4.90 Å². The molecule has 2 N–H and O–H groups in total. The number of imide groups is 2. The molecule has 2 aliphatic carbocycles. The zero-order valence-corrected chi connectivity index (χ0v) is 32.1. The van der Waals surface area contributed by atoms with E-state index >= 15 is 4.79 Å². The molecule has 0 bridgehead atoms. The van der Waals surface area contributed by atoms with E-state index in [0.717, 1.165) is 26.2 Å². The summed E-state index contributed by atoms with van der Waals surface area (Å²) in [6.07, 6.45) is 2.41. The van der Waals surface area contributed by atoms with Crippen molar-refractivity contribution in [2.24, 2.45) is 23.7 Å². The summed E-state index contributed by atoms with van der Waals surface area (Å²) in [6.45, 7) is 2.24. The fourth-order valence-electron chi connectivity index (χ4n) is 9.53. The number of anilines is 2. The van der Waals surface area contributed by atoms with Crippen molar-refractivity contribution in [3.8, 4) is 11.5 Å². The third-order valence-electron chi connectivity index (χ3n) is 12.0. The van der Waals surface area contributed by atoms with Gasteiger partial charge in [-0.15, -0.1) is 0 Å². The second kappa shape index (κ2) is 13.9. The molecule has 4 amide bonds. The largest absolute Gasteiger partial charge is 0.508 e. The minimum Gasteiger partial charge on any atom is -0.508 e. The van der Waals surface area contributed by atoms with Gasteiger partial charge in [-0.25, -0.2) is 0 Å². The fraction of sp³-hybridized carbons (Fsp3) is 0.217. The molecule has 6 atom stereocenters. The van der Waals surface area contributed by atoms with Gasteiger partial charge in [0.05, 0.1) is 34.5 Å². The van der Waals surface area contributed by atoms with Gasteiger partial charge in [-0.1, -0.05) is 112 Å². The standard InChI is InChI=1S/C46H38BrN3O6/c1-27-12-16-31(17-13-27)48-50-43(53)38-25-37-34(22-23-36-40(37)44(54)49(42(36)52)32-18-14-30(47)15-19-32)41(46(38,45(50)55)29-10-6-3-7-11-29)35-21-20-33(24-39(35)51)56-26-28-8-4-2-5-9-28/h2-22,24,36-38,40-41,48,51H,23,25-26H2,1H3/t36-,37+,38-,40-,41+,46+/m0/s1. The Hall–Kier alpha value is -6.00. The summed E-state index contributed by atoms with van der Waals surface area (Å²) >= 11 is 3.45. The van der Waals surface area contributed by atoms with E-state index in [9.17, 15) is 19.5 Å². The maximum absolute atomic E-state index is 15.4. The van der Waals surface area contributed by atoms with Gasteiger partial charge in [0.1, 0.15) is 18.1 Å². The second-order valence-electron chi connectivity index (χ2n) is 15.1. The van der Waals surface area contributed by atoms with Crippen molar-refractivity contribution >= 4 is 50.9 Å². The Morgan fingerprint density at radius 2 is 1.50 bits per heavy atom. The Morgan fingerprint density at radius 3 is 2.20 bits per heavy atom. The molecular formula is C46H38BrN3O6. The molecule has 5 aromatic rings. The summed E-state index contributed by atoms with van der Waals surface area (Å²) in [5, 5.41) is 13.1. The molecule has 5 aromatic carbocycles. The molecule has 56 heavy (non-hydrogen) atoms. The number of rotatable bonds is 8. The zero-order chi connectivity index (χ0) is 38.7. The van der Waals surface area contributed by atoms with Gasteiger partial charge in [0.15, 0.2) is 0 Å². The van der Waals surface area contributed by atoms with Crippen molar-refractivity contribution in [1.82, 2.24) is 5.01 Å². The highest BCUT2D eigenvalue weighted by Gasteiger charge is 2.70. The van der Waals surface area contributed by atoms with Crippen LogP contribution in [-0.4, -0.2) is 33.7 Å². The predicted molar refractivity (Wildman–Crippen MR) is 214 cm³/mol. The van der Waals surface area contributed by atoms with Gasteiger partial charge < -0.3 is 9.84 Å². The number of benzene rings is 5. The summed E-state index contributed by atoms with van der Waals surface area (Å²) < 4.78 is 6.91. The lowest BCUT2D eigenvalue weighted by Gasteiger charge is -2.50. The number of halogens is 1. The van der Waals surface area contributed by atoms with Crippen LogP contribution in [0.4, 0.5) is 11.4 Å². The topological polar surface area (TPSA) is 116 Å². The lowest BCUT2D eigenvalue weighted by molar-refractivity contribution is -0.138. The molecule has 9 rings (SSSR count). The minimum absolute atomic E-state index is 0.103. The lowest BCUT2D eigenvalue weighted by atomic mass is 9.49. The average molecular weight is 809 g/mol. The second-order valence-corrected chi connectivity index (χ2v) is 16.0. The molecule has 0 aromatic heterocycles. The van der Waals surface area contributed by atoms with Gasteiger partial charge in [0.25, 0.3) is 11.8 Å². The van der Waals surface area contributed by atoms with Crippen LogP contribution in [0.1, 0.15) is 41.0 Å². The number of phenols is 1. The molecule has 9 nitrogen and oxygen atoms in total. The quantitative estimate of drug-likeness (QED) is 0.120. The van der Waals surface area contributed by atoms with Crippen LogP contribution in [0.15, 0.2) is 144 Å². The van der Waals surface area contributed by atoms with Crippen LogP contribution in [-0.2, 0) is 31.2 Å². The number of amides is 4. The normalized spacial score (nSPS) is 25.4. The molecule has 2 saturated heterocycles. The average Bonchev–Trinajstić information content (AvgIpc) is 3.60. The van der Waals surface area contributed by atoms with E-state index in [-0.39, 0.29) is 37.0 Å². The van der Waals surface area contributed by atoms with Crippen LogP contribution in [0.5, 0.6) is 11.5 Å². The number of carbonyl (C=O) groups excluding carboxylic acids is 4. The number of hydrazine groups is 1. The number of phenolic OH excluding ortho intramolecular Hbond substituents is 1. The number of ether oxygens (including phenoxy) is 1. The van der Waals surface area contributed by atoms with Crippen LogP contribution in [0.3, 0.4) is 0 Å². The van der Waals surface area contributed by atoms with Crippen molar-refractivity contribution in [3.63, 3.8) is 0 Å². The molecule has 0 radical (unpaired) electrons. The minimum atomic E-state index is -1.51. The van der Waals surface area contributed by atoms with E-state index < -0.39 is 46.8 Å². The highest BCUT2D eigenvalue weighted by Crippen LogP contribution is 2.65. The zero-order valence-electron chi connectivity index (χ0n) is 30.5. The Kier molecular flexibility index (Phi) is 8.88. The lowest BCUT2D eigenvalue weighted by Crippen LogP contribution is -2.53. The molecule has 4 aliphatic rings. The van der Waals surface area contributed by atoms with E-state index in [0.29, 0.717) is 28.3 Å². The first kappa shape index (κ1) is 35.7. The molecule has 1 saturated carbocycles. The smallest absolute Gasteiger partial charge is 0.260 e. The molecular weight excluding hydrogens is 770 g/mol. The number of hydrogen-bond donors (Lipinski definition) is 2. The summed E-state index contributed by atoms with van der Waals surface area (Å²) in [6, 6.07) is 38.5. The number of fused-ring (bicyclic) bond motifs is 4. The first-order chi connectivity index (χ1) is 27.2. The molecule has 280 valence electrons. The van der Waals surface area contributed by atoms with Gasteiger partial charge in [0, 0.05) is 22.0 Å². The van der Waals surface area contributed by atoms with Crippen LogP contribution in [0, 0.1) is 30.6 Å². The van der Waals surface area contributed by atoms with Gasteiger partial charge in [0.2, 0.25) is 11.8 Å². The number of aromatic hydroxyl groups is 1. The van der Waals surface area contributed by atoms with Gasteiger partial charge in [-0.3, -0.25) is 29.5 Å². The number of carbonyl (C=O) groups is 4. The van der Waals surface area contributed by atoms with Crippen molar-refractivity contribution in [3.05, 3.63) is 166 Å². The molecule has 2 aliphatic heterocycles. The van der Waals surface area contributed by atoms with Crippen molar-refractivity contribution in [2.75, 3.05) is 10.3 Å². The highest BCUT2D eigenvalue weighted by molar-refractivity contribution is 9.10. The first-order valence-corrected chi connectivity index (χ1v) is 19.6. The van der Waals surface area contributed by atoms with Crippen LogP contribution < -0.4 is 15.1 Å². The maximum atomic E-state index is 15.4. The summed E-state index contributed by atoms with van der Waals surface area (Å²) in [7, 11) is 0. The molecule has 10 heteroatoms. The number of hydrogen-bond acceptors (Lipinski definition) is 7. The van der Waals surface area contributed by atoms with Crippen molar-refractivity contribution in [1.29, 1.82) is 0 Å². The molecule has 0 spiro atoms. The van der Waals surface area contributed by atoms with Crippen molar-refractivity contribution in [2.45, 2.75) is 37.7 Å². The number of aryl methyl sites for hydroxylation is 1. The van der Waals surface area contributed by atoms with E-state index in [2.05, 4.69) is 21.4 Å². The van der Waals surface area contributed by atoms with Crippen LogP contribution in [0.25, 0.3) is 0 Å². The Bertz CT molecular complexity index is 2400. The van der Waals surface area contributed by atoms with Crippen LogP contribution >= 0.6 is 15.9 Å². The monoisotopic (exact) mass is 807 g/mol. The van der Waals surface area contributed by atoms with Crippen LogP contribution in [0.2, 0.25) is 0 Å². The Morgan fingerprint density at radius 1 is 0.804 bits per heavy atom. The van der Waals surface area contributed by atoms with Gasteiger partial charge in [-0.05, 0) is 79.3 Å². The maximum Gasteiger partial charge on any atom is 0.260 e. The van der Waals surface area contributed by atoms with Crippen molar-refractivity contribution < 1.29 is 29.0 Å². The number of nitrogens with zero attached hydrogens (tertiary/aromatic N) is 2. The number of nitrogens with one attached hydrogen (secondary N) is 1. The summed E-state index contributed by atoms with van der Waals surface area (Å²) in [5.41, 5.74) is 6.46. The van der Waals surface area contributed by atoms with E-state index in [1.807, 2.05) is 97.9 Å². The van der Waals surface area contributed by atoms with E-state index in [1.54, 1.807) is 42.5 Å². The molecule has 0 unspecified atom stereocenters. The Labute approximate surface area is 332 Å².